The van der Waals surface area contributed by atoms with Crippen molar-refractivity contribution < 1.29 is 4.79 Å². The summed E-state index contributed by atoms with van der Waals surface area (Å²) in [4.78, 5) is 21.1. The van der Waals surface area contributed by atoms with E-state index in [1.165, 1.54) is 0 Å². The van der Waals surface area contributed by atoms with E-state index >= 15 is 0 Å². The summed E-state index contributed by atoms with van der Waals surface area (Å²) in [5.74, 6) is 1.68. The zero-order valence-corrected chi connectivity index (χ0v) is 19.0. The minimum absolute atomic E-state index is 0. The van der Waals surface area contributed by atoms with Gasteiger partial charge in [-0.2, -0.15) is 0 Å². The van der Waals surface area contributed by atoms with E-state index in [-0.39, 0.29) is 29.9 Å². The van der Waals surface area contributed by atoms with E-state index < -0.39 is 0 Å². The quantitative estimate of drug-likeness (QED) is 0.326. The number of rotatable bonds is 8. The van der Waals surface area contributed by atoms with Crippen molar-refractivity contribution in [3.8, 4) is 0 Å². The van der Waals surface area contributed by atoms with E-state index in [4.69, 9.17) is 4.99 Å². The molecule has 0 atom stereocenters. The number of carbonyl (C=O) groups is 1. The van der Waals surface area contributed by atoms with Crippen molar-refractivity contribution in [3.63, 3.8) is 0 Å². The largest absolute Gasteiger partial charge is 0.359 e. The maximum atomic E-state index is 11.5. The number of piperidine rings is 1. The van der Waals surface area contributed by atoms with E-state index in [0.29, 0.717) is 18.4 Å². The van der Waals surface area contributed by atoms with Gasteiger partial charge < -0.3 is 15.5 Å². The molecule has 1 rings (SSSR count). The lowest BCUT2D eigenvalue weighted by molar-refractivity contribution is -0.121. The second-order valence-electron chi connectivity index (χ2n) is 6.77. The maximum Gasteiger partial charge on any atom is 0.220 e. The molecule has 0 aliphatic carbocycles. The van der Waals surface area contributed by atoms with Crippen LogP contribution < -0.4 is 10.6 Å². The van der Waals surface area contributed by atoms with Crippen LogP contribution in [0.1, 0.15) is 47.0 Å². The Kier molecular flexibility index (Phi) is 13.3. The van der Waals surface area contributed by atoms with E-state index in [0.717, 1.165) is 58.1 Å². The van der Waals surface area contributed by atoms with Crippen LogP contribution >= 0.6 is 24.0 Å². The fraction of sp³-hybridized carbons (Fsp3) is 0.889. The molecule has 0 aromatic carbocycles. The number of nitrogens with one attached hydrogen (secondary N) is 2. The summed E-state index contributed by atoms with van der Waals surface area (Å²) in [5.41, 5.74) is 0. The first kappa shape index (κ1) is 24.4. The Balaban J connectivity index is 0.00000576. The molecule has 0 aromatic rings. The topological polar surface area (TPSA) is 60.0 Å². The molecule has 0 spiro atoms. The second-order valence-corrected chi connectivity index (χ2v) is 6.77. The van der Waals surface area contributed by atoms with Crippen molar-refractivity contribution in [1.29, 1.82) is 0 Å². The van der Waals surface area contributed by atoms with E-state index in [1.807, 2.05) is 0 Å². The van der Waals surface area contributed by atoms with Crippen molar-refractivity contribution >= 4 is 35.8 Å². The first-order valence-electron chi connectivity index (χ1n) is 9.49. The van der Waals surface area contributed by atoms with Crippen LogP contribution in [0.3, 0.4) is 0 Å². The van der Waals surface area contributed by atoms with Crippen LogP contribution in [0.2, 0.25) is 0 Å². The van der Waals surface area contributed by atoms with Gasteiger partial charge >= 0.3 is 0 Å². The first-order chi connectivity index (χ1) is 11.5. The molecule has 0 radical (unpaired) electrons. The lowest BCUT2D eigenvalue weighted by Gasteiger charge is -2.34. The van der Waals surface area contributed by atoms with E-state index in [2.05, 4.69) is 48.1 Å². The van der Waals surface area contributed by atoms with Gasteiger partial charge in [0, 0.05) is 45.7 Å². The lowest BCUT2D eigenvalue weighted by atomic mass is 9.93. The summed E-state index contributed by atoms with van der Waals surface area (Å²) in [7, 11) is 1.71. The lowest BCUT2D eigenvalue weighted by Crippen LogP contribution is -2.46. The zero-order chi connectivity index (χ0) is 17.9. The third-order valence-electron chi connectivity index (χ3n) is 4.79. The Labute approximate surface area is 171 Å². The summed E-state index contributed by atoms with van der Waals surface area (Å²) < 4.78 is 0. The third-order valence-corrected chi connectivity index (χ3v) is 4.79. The number of amides is 1. The molecule has 2 N–H and O–H groups in total. The smallest absolute Gasteiger partial charge is 0.220 e. The van der Waals surface area contributed by atoms with Crippen LogP contribution in [0.25, 0.3) is 0 Å². The molecule has 25 heavy (non-hydrogen) atoms. The number of carbonyl (C=O) groups excluding carboxylic acids is 1. The fourth-order valence-corrected chi connectivity index (χ4v) is 3.20. The molecule has 1 amide bonds. The van der Waals surface area contributed by atoms with Crippen LogP contribution in [-0.4, -0.2) is 74.0 Å². The molecular formula is C18H38IN5O. The van der Waals surface area contributed by atoms with Crippen molar-refractivity contribution in [1.82, 2.24) is 20.4 Å². The normalized spacial score (nSPS) is 16.1. The van der Waals surface area contributed by atoms with E-state index in [1.54, 1.807) is 7.05 Å². The number of likely N-dealkylation sites (tertiary alicyclic amines) is 1. The molecule has 1 fully saturated rings. The molecule has 0 unspecified atom stereocenters. The Bertz CT molecular complexity index is 395. The molecular weight excluding hydrogens is 429 g/mol. The average Bonchev–Trinajstić information content (AvgIpc) is 2.58. The van der Waals surface area contributed by atoms with Gasteiger partial charge in [0.1, 0.15) is 0 Å². The Morgan fingerprint density at radius 1 is 1.28 bits per heavy atom. The van der Waals surface area contributed by atoms with Gasteiger partial charge in [-0.1, -0.05) is 6.92 Å². The first-order valence-corrected chi connectivity index (χ1v) is 9.49. The monoisotopic (exact) mass is 467 g/mol. The van der Waals surface area contributed by atoms with Crippen LogP contribution in [-0.2, 0) is 4.79 Å². The molecule has 0 aromatic heterocycles. The summed E-state index contributed by atoms with van der Waals surface area (Å²) >= 11 is 0. The molecule has 1 saturated heterocycles. The van der Waals surface area contributed by atoms with Gasteiger partial charge in [-0.3, -0.25) is 14.7 Å². The fourth-order valence-electron chi connectivity index (χ4n) is 3.20. The highest BCUT2D eigenvalue weighted by atomic mass is 127. The number of aliphatic imine (C=N–C) groups is 1. The van der Waals surface area contributed by atoms with Gasteiger partial charge in [0.15, 0.2) is 5.96 Å². The minimum Gasteiger partial charge on any atom is -0.359 e. The number of halogens is 1. The van der Waals surface area contributed by atoms with Crippen LogP contribution in [0.4, 0.5) is 0 Å². The molecule has 7 heteroatoms. The van der Waals surface area contributed by atoms with Gasteiger partial charge in [-0.15, -0.1) is 24.0 Å². The van der Waals surface area contributed by atoms with Crippen LogP contribution in [0.15, 0.2) is 4.99 Å². The van der Waals surface area contributed by atoms with Crippen molar-refractivity contribution in [2.45, 2.75) is 53.0 Å². The van der Waals surface area contributed by atoms with Gasteiger partial charge in [-0.05, 0) is 46.1 Å². The zero-order valence-electron chi connectivity index (χ0n) is 16.7. The summed E-state index contributed by atoms with van der Waals surface area (Å²) in [6, 6.07) is 0.563. The number of guanidine groups is 1. The number of likely N-dealkylation sites (N-methyl/N-ethyl adjacent to an activating group) is 1. The molecule has 0 bridgehead atoms. The van der Waals surface area contributed by atoms with Crippen molar-refractivity contribution in [2.75, 3.05) is 46.3 Å². The summed E-state index contributed by atoms with van der Waals surface area (Å²) in [6.07, 6.45) is 2.77. The molecule has 1 aliphatic heterocycles. The molecule has 1 heterocycles. The highest BCUT2D eigenvalue weighted by molar-refractivity contribution is 14.0. The molecule has 6 nitrogen and oxygen atoms in total. The molecule has 148 valence electrons. The summed E-state index contributed by atoms with van der Waals surface area (Å²) in [5, 5.41) is 6.14. The molecule has 0 saturated carbocycles. The highest BCUT2D eigenvalue weighted by Crippen LogP contribution is 2.20. The number of hydrogen-bond donors (Lipinski definition) is 2. The predicted octanol–water partition coefficient (Wildman–Crippen LogP) is 2.15. The Morgan fingerprint density at radius 2 is 1.92 bits per heavy atom. The second kappa shape index (κ2) is 13.6. The van der Waals surface area contributed by atoms with Gasteiger partial charge in [0.05, 0.1) is 6.54 Å². The summed E-state index contributed by atoms with van der Waals surface area (Å²) in [6.45, 7) is 14.5. The standard InChI is InChI=1S/C18H37N5O.HI/c1-6-20-18(21-10-13-22(7-2)15(3)4)23-11-8-16(9-12-23)14-17(24)19-5;/h15-16H,6-14H2,1-5H3,(H,19,24)(H,20,21);1H. The van der Waals surface area contributed by atoms with Gasteiger partial charge in [0.2, 0.25) is 5.91 Å². The number of nitrogens with zero attached hydrogens (tertiary/aromatic N) is 3. The van der Waals surface area contributed by atoms with Gasteiger partial charge in [-0.25, -0.2) is 0 Å². The SMILES string of the molecule is CCNC(=NCCN(CC)C(C)C)N1CCC(CC(=O)NC)CC1.I. The Morgan fingerprint density at radius 3 is 2.40 bits per heavy atom. The highest BCUT2D eigenvalue weighted by Gasteiger charge is 2.23. The maximum absolute atomic E-state index is 11.5. The van der Waals surface area contributed by atoms with Crippen LogP contribution in [0.5, 0.6) is 0 Å². The predicted molar refractivity (Wildman–Crippen MR) is 117 cm³/mol. The third kappa shape index (κ3) is 9.08. The van der Waals surface area contributed by atoms with Crippen LogP contribution in [0, 0.1) is 5.92 Å². The molecule has 1 aliphatic rings. The van der Waals surface area contributed by atoms with Gasteiger partial charge in [0.25, 0.3) is 0 Å². The van der Waals surface area contributed by atoms with E-state index in [9.17, 15) is 4.79 Å². The Hall–Kier alpha value is -0.570. The number of hydrogen-bond acceptors (Lipinski definition) is 3. The van der Waals surface area contributed by atoms with Crippen molar-refractivity contribution in [2.24, 2.45) is 10.9 Å². The van der Waals surface area contributed by atoms with Crippen molar-refractivity contribution in [3.05, 3.63) is 0 Å². The average molecular weight is 467 g/mol. The minimum atomic E-state index is 0.